The van der Waals surface area contributed by atoms with Gasteiger partial charge in [-0.3, -0.25) is 4.79 Å². The van der Waals surface area contributed by atoms with Crippen LogP contribution in [-0.4, -0.2) is 34.0 Å². The van der Waals surface area contributed by atoms with Gasteiger partial charge in [0.1, 0.15) is 11.6 Å². The van der Waals surface area contributed by atoms with E-state index < -0.39 is 0 Å². The van der Waals surface area contributed by atoms with E-state index in [9.17, 15) is 9.90 Å². The van der Waals surface area contributed by atoms with Gasteiger partial charge in [-0.1, -0.05) is 24.3 Å². The third-order valence-electron chi connectivity index (χ3n) is 4.54. The Hall–Kier alpha value is -2.86. The summed E-state index contributed by atoms with van der Waals surface area (Å²) in [6, 6.07) is 11.6. The van der Waals surface area contributed by atoms with E-state index in [4.69, 9.17) is 4.74 Å². The molecule has 0 saturated carbocycles. The van der Waals surface area contributed by atoms with Gasteiger partial charge in [-0.05, 0) is 31.2 Å². The standard InChI is InChI=1S/C21H20N2O3S/c1-2-3-8-19(25)23-9-10-26-20-15(13-23)11-14(12-17(20)24)21-22-16-6-4-5-7-18(16)27-21/h2-7,11-12,24H,8-10,13H2,1H3. The highest BCUT2D eigenvalue weighted by atomic mass is 32.1. The number of hydrogen-bond donors (Lipinski definition) is 1. The summed E-state index contributed by atoms with van der Waals surface area (Å²) in [4.78, 5) is 18.9. The number of fused-ring (bicyclic) bond motifs is 2. The molecule has 0 radical (unpaired) electrons. The van der Waals surface area contributed by atoms with Crippen LogP contribution in [0.3, 0.4) is 0 Å². The number of para-hydroxylation sites is 1. The molecule has 3 aromatic rings. The molecule has 1 aromatic heterocycles. The van der Waals surface area contributed by atoms with Gasteiger partial charge in [-0.25, -0.2) is 4.98 Å². The third-order valence-corrected chi connectivity index (χ3v) is 5.62. The molecule has 0 saturated heterocycles. The topological polar surface area (TPSA) is 62.7 Å². The predicted molar refractivity (Wildman–Crippen MR) is 107 cm³/mol. The SMILES string of the molecule is CC=CCC(=O)N1CCOc2c(O)cc(-c3nc4ccccc4s3)cc2C1. The van der Waals surface area contributed by atoms with Crippen LogP contribution in [0.2, 0.25) is 0 Å². The Morgan fingerprint density at radius 3 is 3.04 bits per heavy atom. The van der Waals surface area contributed by atoms with Crippen molar-refractivity contribution in [2.24, 2.45) is 0 Å². The van der Waals surface area contributed by atoms with Gasteiger partial charge >= 0.3 is 0 Å². The molecule has 1 N–H and O–H groups in total. The summed E-state index contributed by atoms with van der Waals surface area (Å²) in [5, 5.41) is 11.3. The van der Waals surface area contributed by atoms with E-state index in [1.165, 1.54) is 0 Å². The van der Waals surface area contributed by atoms with Gasteiger partial charge in [0.05, 0.1) is 16.8 Å². The normalized spacial score (nSPS) is 14.2. The smallest absolute Gasteiger partial charge is 0.226 e. The zero-order valence-corrected chi connectivity index (χ0v) is 15.8. The number of carbonyl (C=O) groups is 1. The summed E-state index contributed by atoms with van der Waals surface area (Å²) >= 11 is 1.58. The largest absolute Gasteiger partial charge is 0.504 e. The van der Waals surface area contributed by atoms with Crippen LogP contribution < -0.4 is 4.74 Å². The monoisotopic (exact) mass is 380 g/mol. The lowest BCUT2D eigenvalue weighted by Crippen LogP contribution is -2.31. The van der Waals surface area contributed by atoms with Crippen LogP contribution in [-0.2, 0) is 11.3 Å². The fourth-order valence-corrected chi connectivity index (χ4v) is 4.13. The number of ether oxygens (including phenoxy) is 1. The molecule has 5 nitrogen and oxygen atoms in total. The molecule has 138 valence electrons. The number of nitrogens with zero attached hydrogens (tertiary/aromatic N) is 2. The number of hydrogen-bond acceptors (Lipinski definition) is 5. The van der Waals surface area contributed by atoms with Crippen molar-refractivity contribution in [3.05, 3.63) is 54.1 Å². The van der Waals surface area contributed by atoms with Crippen LogP contribution in [0.4, 0.5) is 0 Å². The first-order valence-electron chi connectivity index (χ1n) is 8.89. The molecule has 0 spiro atoms. The molecule has 0 bridgehead atoms. The second kappa shape index (κ2) is 7.40. The predicted octanol–water partition coefficient (Wildman–Crippen LogP) is 4.36. The Morgan fingerprint density at radius 2 is 2.22 bits per heavy atom. The first-order chi connectivity index (χ1) is 13.2. The lowest BCUT2D eigenvalue weighted by Gasteiger charge is -2.19. The minimum absolute atomic E-state index is 0.0504. The van der Waals surface area contributed by atoms with Crippen molar-refractivity contribution in [2.45, 2.75) is 19.9 Å². The van der Waals surface area contributed by atoms with E-state index in [2.05, 4.69) is 4.98 Å². The van der Waals surface area contributed by atoms with E-state index in [0.717, 1.165) is 26.4 Å². The first-order valence-corrected chi connectivity index (χ1v) is 9.71. The molecule has 1 amide bonds. The van der Waals surface area contributed by atoms with Crippen LogP contribution in [0.5, 0.6) is 11.5 Å². The van der Waals surface area contributed by atoms with E-state index in [-0.39, 0.29) is 11.7 Å². The van der Waals surface area contributed by atoms with Gasteiger partial charge < -0.3 is 14.7 Å². The van der Waals surface area contributed by atoms with Crippen LogP contribution in [0.1, 0.15) is 18.9 Å². The molecule has 2 aromatic carbocycles. The number of allylic oxidation sites excluding steroid dienone is 1. The number of phenolic OH excluding ortho intramolecular Hbond substituents is 1. The summed E-state index contributed by atoms with van der Waals surface area (Å²) in [5.74, 6) is 0.597. The lowest BCUT2D eigenvalue weighted by atomic mass is 10.1. The first kappa shape index (κ1) is 17.5. The lowest BCUT2D eigenvalue weighted by molar-refractivity contribution is -0.131. The summed E-state index contributed by atoms with van der Waals surface area (Å²) in [6.45, 7) is 3.18. The zero-order valence-electron chi connectivity index (χ0n) is 15.0. The molecular formula is C21H20N2O3S. The molecule has 0 aliphatic carbocycles. The number of aromatic nitrogens is 1. The molecule has 4 rings (SSSR count). The quantitative estimate of drug-likeness (QED) is 0.686. The van der Waals surface area contributed by atoms with Crippen molar-refractivity contribution < 1.29 is 14.6 Å². The summed E-state index contributed by atoms with van der Waals surface area (Å²) < 4.78 is 6.83. The molecule has 6 heteroatoms. The van der Waals surface area contributed by atoms with E-state index in [0.29, 0.717) is 31.9 Å². The van der Waals surface area contributed by atoms with Crippen LogP contribution in [0.15, 0.2) is 48.6 Å². The average Bonchev–Trinajstić information content (AvgIpc) is 2.98. The highest BCUT2D eigenvalue weighted by Crippen LogP contribution is 2.39. The van der Waals surface area contributed by atoms with Gasteiger partial charge in [0, 0.05) is 24.1 Å². The molecule has 0 unspecified atom stereocenters. The minimum atomic E-state index is 0.0504. The summed E-state index contributed by atoms with van der Waals surface area (Å²) in [7, 11) is 0. The van der Waals surface area contributed by atoms with Gasteiger partial charge in [0.2, 0.25) is 5.91 Å². The number of rotatable bonds is 3. The number of benzene rings is 2. The molecule has 27 heavy (non-hydrogen) atoms. The Labute approximate surface area is 161 Å². The van der Waals surface area contributed by atoms with Gasteiger partial charge in [-0.15, -0.1) is 11.3 Å². The maximum Gasteiger partial charge on any atom is 0.226 e. The van der Waals surface area contributed by atoms with Crippen molar-refractivity contribution in [3.8, 4) is 22.1 Å². The molecule has 1 aliphatic heterocycles. The molecule has 1 aliphatic rings. The second-order valence-corrected chi connectivity index (χ2v) is 7.44. The van der Waals surface area contributed by atoms with Gasteiger partial charge in [0.25, 0.3) is 0 Å². The Morgan fingerprint density at radius 1 is 1.37 bits per heavy atom. The average molecular weight is 380 g/mol. The highest BCUT2D eigenvalue weighted by Gasteiger charge is 2.23. The molecular weight excluding hydrogens is 360 g/mol. The fourth-order valence-electron chi connectivity index (χ4n) is 3.18. The Bertz CT molecular complexity index is 992. The van der Waals surface area contributed by atoms with E-state index in [1.807, 2.05) is 49.4 Å². The van der Waals surface area contributed by atoms with Gasteiger partial charge in [0.15, 0.2) is 11.5 Å². The second-order valence-electron chi connectivity index (χ2n) is 6.41. The third kappa shape index (κ3) is 3.53. The molecule has 2 heterocycles. The van der Waals surface area contributed by atoms with Crippen molar-refractivity contribution in [3.63, 3.8) is 0 Å². The Kier molecular flexibility index (Phi) is 4.81. The zero-order chi connectivity index (χ0) is 18.8. The van der Waals surface area contributed by atoms with Crippen molar-refractivity contribution in [1.29, 1.82) is 0 Å². The van der Waals surface area contributed by atoms with Crippen molar-refractivity contribution in [2.75, 3.05) is 13.2 Å². The Balaban J connectivity index is 1.70. The van der Waals surface area contributed by atoms with Crippen LogP contribution in [0, 0.1) is 0 Å². The molecule has 0 fully saturated rings. The van der Waals surface area contributed by atoms with Gasteiger partial charge in [-0.2, -0.15) is 0 Å². The number of phenols is 1. The fraction of sp³-hybridized carbons (Fsp3) is 0.238. The maximum atomic E-state index is 12.4. The maximum absolute atomic E-state index is 12.4. The van der Waals surface area contributed by atoms with Crippen LogP contribution in [0.25, 0.3) is 20.8 Å². The highest BCUT2D eigenvalue weighted by molar-refractivity contribution is 7.21. The van der Waals surface area contributed by atoms with Crippen molar-refractivity contribution >= 4 is 27.5 Å². The number of amides is 1. The number of aromatic hydroxyl groups is 1. The number of carbonyl (C=O) groups excluding carboxylic acids is 1. The molecule has 0 atom stereocenters. The summed E-state index contributed by atoms with van der Waals surface area (Å²) in [5.41, 5.74) is 2.57. The minimum Gasteiger partial charge on any atom is -0.504 e. The van der Waals surface area contributed by atoms with Crippen molar-refractivity contribution in [1.82, 2.24) is 9.88 Å². The van der Waals surface area contributed by atoms with E-state index >= 15 is 0 Å². The van der Waals surface area contributed by atoms with Crippen LogP contribution >= 0.6 is 11.3 Å². The number of thiazole rings is 1. The summed E-state index contributed by atoms with van der Waals surface area (Å²) in [6.07, 6.45) is 4.09. The van der Waals surface area contributed by atoms with E-state index in [1.54, 1.807) is 22.3 Å².